The Balaban J connectivity index is 2.18. The van der Waals surface area contributed by atoms with Gasteiger partial charge >= 0.3 is 6.03 Å². The Labute approximate surface area is 133 Å². The lowest BCUT2D eigenvalue weighted by Gasteiger charge is -2.27. The topological polar surface area (TPSA) is 92.3 Å². The molecule has 0 spiro atoms. The number of amides is 3. The lowest BCUT2D eigenvalue weighted by atomic mass is 9.83. The first kappa shape index (κ1) is 15.2. The predicted octanol–water partition coefficient (Wildman–Crippen LogP) is 1.17. The Morgan fingerprint density at radius 3 is 1.91 bits per heavy atom. The minimum Gasteiger partial charge on any atom is -0.316 e. The standard InChI is InChI=1S/C16H14N2O4S/c1-23(21,22)13-9-7-12(8-10-13)16(11-5-3-2-4-6-11)14(19)17-15(20)18-16/h2-10H,1H3,(H2,17,18,19,20). The Morgan fingerprint density at radius 1 is 0.870 bits per heavy atom. The summed E-state index contributed by atoms with van der Waals surface area (Å²) in [6.07, 6.45) is 1.11. The maximum atomic E-state index is 12.5. The van der Waals surface area contributed by atoms with Gasteiger partial charge in [0.15, 0.2) is 15.4 Å². The summed E-state index contributed by atoms with van der Waals surface area (Å²) in [6, 6.07) is 14.1. The van der Waals surface area contributed by atoms with Gasteiger partial charge in [-0.05, 0) is 23.3 Å². The smallest absolute Gasteiger partial charge is 0.316 e. The largest absolute Gasteiger partial charge is 0.322 e. The van der Waals surface area contributed by atoms with Crippen LogP contribution in [0.3, 0.4) is 0 Å². The molecule has 1 atom stereocenters. The average Bonchev–Trinajstić information content (AvgIpc) is 2.83. The van der Waals surface area contributed by atoms with Crippen LogP contribution in [0.15, 0.2) is 59.5 Å². The lowest BCUT2D eigenvalue weighted by Crippen LogP contribution is -2.44. The van der Waals surface area contributed by atoms with Crippen molar-refractivity contribution >= 4 is 21.8 Å². The summed E-state index contributed by atoms with van der Waals surface area (Å²) in [5.41, 5.74) is -0.288. The molecule has 2 aromatic rings. The van der Waals surface area contributed by atoms with Gasteiger partial charge < -0.3 is 5.32 Å². The molecule has 0 bridgehead atoms. The second-order valence-electron chi connectivity index (χ2n) is 5.32. The van der Waals surface area contributed by atoms with Gasteiger partial charge in [0.2, 0.25) is 0 Å². The van der Waals surface area contributed by atoms with Crippen molar-refractivity contribution in [2.45, 2.75) is 10.4 Å². The molecule has 118 valence electrons. The molecule has 0 saturated carbocycles. The van der Waals surface area contributed by atoms with E-state index in [1.807, 2.05) is 0 Å². The van der Waals surface area contributed by atoms with Crippen molar-refractivity contribution in [2.24, 2.45) is 0 Å². The molecule has 2 aromatic carbocycles. The molecular formula is C16H14N2O4S. The summed E-state index contributed by atoms with van der Waals surface area (Å²) in [5, 5.41) is 4.90. The van der Waals surface area contributed by atoms with Gasteiger partial charge in [-0.25, -0.2) is 13.2 Å². The van der Waals surface area contributed by atoms with Crippen LogP contribution in [0.1, 0.15) is 11.1 Å². The molecule has 0 aliphatic carbocycles. The van der Waals surface area contributed by atoms with Crippen LogP contribution in [0.25, 0.3) is 0 Å². The molecule has 6 nitrogen and oxygen atoms in total. The molecule has 2 N–H and O–H groups in total. The molecule has 1 heterocycles. The van der Waals surface area contributed by atoms with Gasteiger partial charge in [-0.2, -0.15) is 0 Å². The van der Waals surface area contributed by atoms with Crippen LogP contribution in [0.4, 0.5) is 4.79 Å². The Hall–Kier alpha value is -2.67. The first-order valence-corrected chi connectivity index (χ1v) is 8.73. The number of carbonyl (C=O) groups excluding carboxylic acids is 2. The Morgan fingerprint density at radius 2 is 1.43 bits per heavy atom. The highest BCUT2D eigenvalue weighted by atomic mass is 32.2. The number of imide groups is 1. The zero-order valence-corrected chi connectivity index (χ0v) is 13.1. The van der Waals surface area contributed by atoms with Crippen molar-refractivity contribution in [1.82, 2.24) is 10.6 Å². The van der Waals surface area contributed by atoms with Crippen molar-refractivity contribution in [2.75, 3.05) is 6.26 Å². The summed E-state index contributed by atoms with van der Waals surface area (Å²) in [7, 11) is -3.34. The minimum absolute atomic E-state index is 0.147. The number of rotatable bonds is 3. The van der Waals surface area contributed by atoms with Gasteiger partial charge in [0, 0.05) is 6.26 Å². The lowest BCUT2D eigenvalue weighted by molar-refractivity contribution is -0.122. The normalized spacial score (nSPS) is 20.9. The van der Waals surface area contributed by atoms with Gasteiger partial charge in [-0.1, -0.05) is 42.5 Å². The molecule has 7 heteroatoms. The van der Waals surface area contributed by atoms with Gasteiger partial charge in [0.25, 0.3) is 5.91 Å². The zero-order valence-electron chi connectivity index (χ0n) is 12.2. The third-order valence-electron chi connectivity index (χ3n) is 3.79. The highest BCUT2D eigenvalue weighted by molar-refractivity contribution is 7.90. The van der Waals surface area contributed by atoms with E-state index < -0.39 is 27.3 Å². The van der Waals surface area contributed by atoms with E-state index in [0.29, 0.717) is 11.1 Å². The molecule has 0 radical (unpaired) electrons. The minimum atomic E-state index is -3.34. The SMILES string of the molecule is CS(=O)(=O)c1ccc(C2(c3ccccc3)NC(=O)NC2=O)cc1. The van der Waals surface area contributed by atoms with E-state index in [-0.39, 0.29) is 4.90 Å². The molecule has 1 unspecified atom stereocenters. The number of carbonyl (C=O) groups is 2. The molecule has 1 fully saturated rings. The molecule has 3 rings (SSSR count). The average molecular weight is 330 g/mol. The van der Waals surface area contributed by atoms with Crippen LogP contribution >= 0.6 is 0 Å². The van der Waals surface area contributed by atoms with E-state index in [9.17, 15) is 18.0 Å². The second kappa shape index (κ2) is 5.20. The second-order valence-corrected chi connectivity index (χ2v) is 7.34. The van der Waals surface area contributed by atoms with Crippen LogP contribution in [0, 0.1) is 0 Å². The summed E-state index contributed by atoms with van der Waals surface area (Å²) in [6.45, 7) is 0. The molecule has 23 heavy (non-hydrogen) atoms. The van der Waals surface area contributed by atoms with Crippen molar-refractivity contribution in [3.8, 4) is 0 Å². The maximum absolute atomic E-state index is 12.5. The number of hydrogen-bond donors (Lipinski definition) is 2. The quantitative estimate of drug-likeness (QED) is 0.827. The molecular weight excluding hydrogens is 316 g/mol. The molecule has 3 amide bonds. The zero-order chi connectivity index (χ0) is 16.7. The maximum Gasteiger partial charge on any atom is 0.322 e. The highest BCUT2D eigenvalue weighted by Crippen LogP contribution is 2.33. The number of sulfone groups is 1. The predicted molar refractivity (Wildman–Crippen MR) is 83.4 cm³/mol. The fourth-order valence-electron chi connectivity index (χ4n) is 2.67. The first-order chi connectivity index (χ1) is 10.8. The number of nitrogens with one attached hydrogen (secondary N) is 2. The van der Waals surface area contributed by atoms with E-state index in [1.54, 1.807) is 30.3 Å². The summed E-state index contributed by atoms with van der Waals surface area (Å²) in [4.78, 5) is 24.3. The third kappa shape index (κ3) is 2.49. The fourth-order valence-corrected chi connectivity index (χ4v) is 3.30. The van der Waals surface area contributed by atoms with E-state index in [2.05, 4.69) is 10.6 Å². The fraction of sp³-hybridized carbons (Fsp3) is 0.125. The monoisotopic (exact) mass is 330 g/mol. The van der Waals surface area contributed by atoms with E-state index >= 15 is 0 Å². The van der Waals surface area contributed by atoms with Crippen LogP contribution < -0.4 is 10.6 Å². The Bertz CT molecular complexity index is 876. The van der Waals surface area contributed by atoms with Crippen molar-refractivity contribution in [3.05, 3.63) is 65.7 Å². The van der Waals surface area contributed by atoms with Crippen molar-refractivity contribution < 1.29 is 18.0 Å². The molecule has 1 aliphatic rings. The first-order valence-electron chi connectivity index (χ1n) is 6.84. The van der Waals surface area contributed by atoms with Gasteiger partial charge in [-0.15, -0.1) is 0 Å². The van der Waals surface area contributed by atoms with Crippen LogP contribution in [-0.2, 0) is 20.2 Å². The molecule has 0 aromatic heterocycles. The molecule has 1 saturated heterocycles. The summed E-state index contributed by atoms with van der Waals surface area (Å²) < 4.78 is 23.2. The van der Waals surface area contributed by atoms with Crippen molar-refractivity contribution in [3.63, 3.8) is 0 Å². The van der Waals surface area contributed by atoms with E-state index in [0.717, 1.165) is 6.26 Å². The van der Waals surface area contributed by atoms with E-state index in [4.69, 9.17) is 0 Å². The summed E-state index contributed by atoms with van der Waals surface area (Å²) >= 11 is 0. The van der Waals surface area contributed by atoms with Crippen LogP contribution in [0.5, 0.6) is 0 Å². The Kier molecular flexibility index (Phi) is 3.45. The molecule has 1 aliphatic heterocycles. The van der Waals surface area contributed by atoms with Gasteiger partial charge in [0.1, 0.15) is 0 Å². The van der Waals surface area contributed by atoms with Gasteiger partial charge in [-0.3, -0.25) is 10.1 Å². The van der Waals surface area contributed by atoms with Crippen LogP contribution in [0.2, 0.25) is 0 Å². The van der Waals surface area contributed by atoms with Gasteiger partial charge in [0.05, 0.1) is 4.90 Å². The third-order valence-corrected chi connectivity index (χ3v) is 4.92. The highest BCUT2D eigenvalue weighted by Gasteiger charge is 2.49. The number of urea groups is 1. The van der Waals surface area contributed by atoms with E-state index in [1.165, 1.54) is 24.3 Å². The van der Waals surface area contributed by atoms with Crippen LogP contribution in [-0.4, -0.2) is 26.6 Å². The number of hydrogen-bond acceptors (Lipinski definition) is 4. The summed E-state index contributed by atoms with van der Waals surface area (Å²) in [5.74, 6) is -0.499. The number of benzene rings is 2. The van der Waals surface area contributed by atoms with Crippen molar-refractivity contribution in [1.29, 1.82) is 0 Å².